The van der Waals surface area contributed by atoms with Gasteiger partial charge in [-0.25, -0.2) is 0 Å². The number of aromatic nitrogens is 3. The molecule has 0 fully saturated rings. The van der Waals surface area contributed by atoms with Crippen LogP contribution in [0.4, 0.5) is 19.0 Å². The highest BCUT2D eigenvalue weighted by Crippen LogP contribution is 2.34. The van der Waals surface area contributed by atoms with Gasteiger partial charge >= 0.3 is 6.18 Å². The van der Waals surface area contributed by atoms with Crippen molar-refractivity contribution in [2.75, 3.05) is 5.73 Å². The third-order valence-corrected chi connectivity index (χ3v) is 1.96. The molecule has 0 aromatic carbocycles. The Balaban J connectivity index is 2.57. The Morgan fingerprint density at radius 3 is 2.62 bits per heavy atom. The van der Waals surface area contributed by atoms with Gasteiger partial charge in [0.2, 0.25) is 0 Å². The molecular formula is C9H7F3N4. The summed E-state index contributed by atoms with van der Waals surface area (Å²) in [5.74, 6) is 0.131. The first-order valence-corrected chi connectivity index (χ1v) is 4.32. The second kappa shape index (κ2) is 3.51. The molecule has 3 N–H and O–H groups in total. The van der Waals surface area contributed by atoms with Crippen molar-refractivity contribution < 1.29 is 13.2 Å². The van der Waals surface area contributed by atoms with Gasteiger partial charge in [-0.15, -0.1) is 0 Å². The highest BCUT2D eigenvalue weighted by Gasteiger charge is 2.35. The van der Waals surface area contributed by atoms with Crippen molar-refractivity contribution in [2.24, 2.45) is 0 Å². The molecule has 0 atom stereocenters. The van der Waals surface area contributed by atoms with Crippen LogP contribution in [0, 0.1) is 0 Å². The van der Waals surface area contributed by atoms with Gasteiger partial charge in [0.05, 0.1) is 5.69 Å². The van der Waals surface area contributed by atoms with Crippen LogP contribution in [0.5, 0.6) is 0 Å². The molecule has 4 nitrogen and oxygen atoms in total. The van der Waals surface area contributed by atoms with Gasteiger partial charge in [0, 0.05) is 17.8 Å². The van der Waals surface area contributed by atoms with E-state index in [0.29, 0.717) is 0 Å². The summed E-state index contributed by atoms with van der Waals surface area (Å²) in [6, 6.07) is 4.05. The second-order valence-electron chi connectivity index (χ2n) is 3.10. The zero-order valence-electron chi connectivity index (χ0n) is 7.92. The summed E-state index contributed by atoms with van der Waals surface area (Å²) < 4.78 is 37.8. The summed E-state index contributed by atoms with van der Waals surface area (Å²) in [6.45, 7) is 0. The first kappa shape index (κ1) is 10.5. The third-order valence-electron chi connectivity index (χ3n) is 1.96. The van der Waals surface area contributed by atoms with Gasteiger partial charge in [0.25, 0.3) is 0 Å². The number of H-pyrrole nitrogens is 1. The van der Waals surface area contributed by atoms with Crippen molar-refractivity contribution in [3.63, 3.8) is 0 Å². The molecule has 0 aliphatic rings. The molecule has 0 radical (unpaired) electrons. The van der Waals surface area contributed by atoms with E-state index >= 15 is 0 Å². The summed E-state index contributed by atoms with van der Waals surface area (Å²) in [5, 5.41) is 5.99. The number of hydrogen-bond acceptors (Lipinski definition) is 3. The van der Waals surface area contributed by atoms with E-state index in [1.807, 2.05) is 0 Å². The predicted octanol–water partition coefficient (Wildman–Crippen LogP) is 2.07. The smallest absolute Gasteiger partial charge is 0.382 e. The number of nitrogens with two attached hydrogens (primary N) is 1. The minimum atomic E-state index is -4.50. The number of nitrogen functional groups attached to an aromatic ring is 1. The van der Waals surface area contributed by atoms with Crippen molar-refractivity contribution in [3.05, 3.63) is 30.1 Å². The van der Waals surface area contributed by atoms with E-state index < -0.39 is 11.9 Å². The number of nitrogens with zero attached hydrogens (tertiary/aromatic N) is 2. The molecule has 0 amide bonds. The topological polar surface area (TPSA) is 67.6 Å². The maximum absolute atomic E-state index is 12.6. The maximum atomic E-state index is 12.6. The first-order valence-electron chi connectivity index (χ1n) is 4.32. The van der Waals surface area contributed by atoms with Crippen LogP contribution in [0.1, 0.15) is 5.69 Å². The highest BCUT2D eigenvalue weighted by atomic mass is 19.4. The Morgan fingerprint density at radius 2 is 2.06 bits per heavy atom. The van der Waals surface area contributed by atoms with Crippen molar-refractivity contribution in [1.29, 1.82) is 0 Å². The zero-order chi connectivity index (χ0) is 11.8. The van der Waals surface area contributed by atoms with Crippen molar-refractivity contribution in [3.8, 4) is 11.3 Å². The first-order chi connectivity index (χ1) is 7.48. The molecule has 84 valence electrons. The summed E-state index contributed by atoms with van der Waals surface area (Å²) in [7, 11) is 0. The molecule has 0 unspecified atom stereocenters. The minimum Gasteiger partial charge on any atom is -0.382 e. The highest BCUT2D eigenvalue weighted by molar-refractivity contribution is 5.64. The van der Waals surface area contributed by atoms with E-state index in [9.17, 15) is 13.2 Å². The lowest BCUT2D eigenvalue weighted by atomic mass is 10.1. The van der Waals surface area contributed by atoms with Gasteiger partial charge in [-0.2, -0.15) is 18.3 Å². The number of rotatable bonds is 1. The second-order valence-corrected chi connectivity index (χ2v) is 3.10. The standard InChI is InChI=1S/C9H7F3N4/c10-9(11,12)8-5(2-1-3-14-8)6-4-7(13)16-15-6/h1-4H,(H3,13,15,16). The number of anilines is 1. The van der Waals surface area contributed by atoms with E-state index in [-0.39, 0.29) is 17.1 Å². The van der Waals surface area contributed by atoms with Gasteiger partial charge < -0.3 is 5.73 Å². The van der Waals surface area contributed by atoms with Crippen molar-refractivity contribution >= 4 is 5.82 Å². The number of pyridine rings is 1. The molecule has 0 saturated carbocycles. The summed E-state index contributed by atoms with van der Waals surface area (Å²) in [5.41, 5.74) is 4.49. The number of halogens is 3. The molecule has 2 aromatic rings. The fourth-order valence-corrected chi connectivity index (χ4v) is 1.32. The minimum absolute atomic E-state index is 0.0702. The van der Waals surface area contributed by atoms with Crippen LogP contribution in [0.3, 0.4) is 0 Å². The average molecular weight is 228 g/mol. The number of alkyl halides is 3. The monoisotopic (exact) mass is 228 g/mol. The Hall–Kier alpha value is -2.05. The number of hydrogen-bond donors (Lipinski definition) is 2. The summed E-state index contributed by atoms with van der Waals surface area (Å²) >= 11 is 0. The number of aromatic amines is 1. The Labute approximate surface area is 88.3 Å². The molecule has 2 aromatic heterocycles. The Kier molecular flexibility index (Phi) is 2.30. The molecule has 0 aliphatic carbocycles. The molecule has 16 heavy (non-hydrogen) atoms. The van der Waals surface area contributed by atoms with E-state index in [1.165, 1.54) is 18.2 Å². The van der Waals surface area contributed by atoms with Crippen LogP contribution >= 0.6 is 0 Å². The normalized spacial score (nSPS) is 11.7. The lowest BCUT2D eigenvalue weighted by Gasteiger charge is -2.09. The predicted molar refractivity (Wildman–Crippen MR) is 51.2 cm³/mol. The third kappa shape index (κ3) is 1.83. The Morgan fingerprint density at radius 1 is 1.31 bits per heavy atom. The molecular weight excluding hydrogens is 221 g/mol. The van der Waals surface area contributed by atoms with Crippen molar-refractivity contribution in [2.45, 2.75) is 6.18 Å². The molecule has 2 heterocycles. The van der Waals surface area contributed by atoms with Gasteiger partial charge in [0.15, 0.2) is 5.69 Å². The van der Waals surface area contributed by atoms with Gasteiger partial charge in [-0.05, 0) is 12.1 Å². The molecule has 0 saturated heterocycles. The molecule has 7 heteroatoms. The molecule has 0 spiro atoms. The molecule has 0 aliphatic heterocycles. The quantitative estimate of drug-likeness (QED) is 0.785. The van der Waals surface area contributed by atoms with Gasteiger partial charge in [-0.1, -0.05) is 0 Å². The van der Waals surface area contributed by atoms with Crippen LogP contribution in [0.2, 0.25) is 0 Å². The van der Waals surface area contributed by atoms with Crippen LogP contribution in [-0.2, 0) is 6.18 Å². The SMILES string of the molecule is Nc1cc(-c2cccnc2C(F)(F)F)[nH]n1. The molecule has 2 rings (SSSR count). The molecule has 0 bridgehead atoms. The zero-order valence-corrected chi connectivity index (χ0v) is 7.92. The number of nitrogens with one attached hydrogen (secondary N) is 1. The van der Waals surface area contributed by atoms with Crippen LogP contribution in [-0.4, -0.2) is 15.2 Å². The van der Waals surface area contributed by atoms with Gasteiger partial charge in [-0.3, -0.25) is 10.1 Å². The van der Waals surface area contributed by atoms with Crippen LogP contribution in [0.15, 0.2) is 24.4 Å². The Bertz CT molecular complexity index is 503. The lowest BCUT2D eigenvalue weighted by molar-refractivity contribution is -0.140. The van der Waals surface area contributed by atoms with Crippen LogP contribution < -0.4 is 5.73 Å². The summed E-state index contributed by atoms with van der Waals surface area (Å²) in [6.07, 6.45) is -3.41. The van der Waals surface area contributed by atoms with E-state index in [1.54, 1.807) is 0 Å². The maximum Gasteiger partial charge on any atom is 0.434 e. The fourth-order valence-electron chi connectivity index (χ4n) is 1.32. The van der Waals surface area contributed by atoms with Crippen LogP contribution in [0.25, 0.3) is 11.3 Å². The van der Waals surface area contributed by atoms with Crippen molar-refractivity contribution in [1.82, 2.24) is 15.2 Å². The largest absolute Gasteiger partial charge is 0.434 e. The fraction of sp³-hybridized carbons (Fsp3) is 0.111. The average Bonchev–Trinajstić information content (AvgIpc) is 2.64. The van der Waals surface area contributed by atoms with E-state index in [2.05, 4.69) is 15.2 Å². The van der Waals surface area contributed by atoms with E-state index in [0.717, 1.165) is 6.20 Å². The van der Waals surface area contributed by atoms with E-state index in [4.69, 9.17) is 5.73 Å². The lowest BCUT2D eigenvalue weighted by Crippen LogP contribution is -2.09. The summed E-state index contributed by atoms with van der Waals surface area (Å²) in [4.78, 5) is 3.32. The van der Waals surface area contributed by atoms with Gasteiger partial charge in [0.1, 0.15) is 5.82 Å².